The van der Waals surface area contributed by atoms with Crippen LogP contribution < -0.4 is 16.0 Å². The van der Waals surface area contributed by atoms with Crippen LogP contribution in [0.4, 0.5) is 10.1 Å². The second-order valence-electron chi connectivity index (χ2n) is 4.30. The van der Waals surface area contributed by atoms with Gasteiger partial charge in [0.1, 0.15) is 5.82 Å². The van der Waals surface area contributed by atoms with E-state index in [0.717, 1.165) is 19.6 Å². The first-order valence-corrected chi connectivity index (χ1v) is 5.66. The number of nitrogens with one attached hydrogen (secondary N) is 1. The molecule has 1 heterocycles. The summed E-state index contributed by atoms with van der Waals surface area (Å²) in [5.41, 5.74) is 5.81. The standard InChI is InChI=1S/C12H16FN3O/c1-8-7-16(6-5-15-8)10-4-2-3-9(13)11(10)12(14)17/h2-4,8,15H,5-7H2,1H3,(H2,14,17)/t8-/m0/s1. The molecule has 5 heteroatoms. The van der Waals surface area contributed by atoms with Crippen molar-refractivity contribution in [2.24, 2.45) is 5.73 Å². The lowest BCUT2D eigenvalue weighted by molar-refractivity contribution is 0.0997. The van der Waals surface area contributed by atoms with E-state index in [1.54, 1.807) is 12.1 Å². The van der Waals surface area contributed by atoms with E-state index in [0.29, 0.717) is 11.7 Å². The van der Waals surface area contributed by atoms with Crippen molar-refractivity contribution < 1.29 is 9.18 Å². The van der Waals surface area contributed by atoms with Crippen molar-refractivity contribution in [1.29, 1.82) is 0 Å². The van der Waals surface area contributed by atoms with Crippen LogP contribution in [-0.2, 0) is 0 Å². The zero-order valence-electron chi connectivity index (χ0n) is 9.74. The lowest BCUT2D eigenvalue weighted by Crippen LogP contribution is -2.49. The van der Waals surface area contributed by atoms with E-state index in [1.165, 1.54) is 6.07 Å². The Balaban J connectivity index is 2.37. The van der Waals surface area contributed by atoms with Gasteiger partial charge in [0.2, 0.25) is 0 Å². The average molecular weight is 237 g/mol. The highest BCUT2D eigenvalue weighted by atomic mass is 19.1. The van der Waals surface area contributed by atoms with E-state index >= 15 is 0 Å². The minimum Gasteiger partial charge on any atom is -0.368 e. The third-order valence-corrected chi connectivity index (χ3v) is 2.95. The number of primary amides is 1. The fraction of sp³-hybridized carbons (Fsp3) is 0.417. The summed E-state index contributed by atoms with van der Waals surface area (Å²) in [7, 11) is 0. The van der Waals surface area contributed by atoms with Crippen molar-refractivity contribution in [3.05, 3.63) is 29.6 Å². The van der Waals surface area contributed by atoms with Crippen LogP contribution in [0.15, 0.2) is 18.2 Å². The van der Waals surface area contributed by atoms with Crippen LogP contribution in [-0.4, -0.2) is 31.6 Å². The van der Waals surface area contributed by atoms with Crippen molar-refractivity contribution >= 4 is 11.6 Å². The largest absolute Gasteiger partial charge is 0.368 e. The number of amides is 1. The first-order valence-electron chi connectivity index (χ1n) is 5.66. The number of rotatable bonds is 2. The van der Waals surface area contributed by atoms with Gasteiger partial charge in [0, 0.05) is 25.7 Å². The highest BCUT2D eigenvalue weighted by molar-refractivity contribution is 5.99. The predicted octanol–water partition coefficient (Wildman–Crippen LogP) is 0.723. The molecule has 0 aromatic heterocycles. The highest BCUT2D eigenvalue weighted by Crippen LogP contribution is 2.23. The summed E-state index contributed by atoms with van der Waals surface area (Å²) in [4.78, 5) is 13.3. The minimum absolute atomic E-state index is 0.0124. The molecule has 92 valence electrons. The Labute approximate surface area is 99.6 Å². The molecule has 0 spiro atoms. The molecule has 1 aromatic carbocycles. The molecule has 0 bridgehead atoms. The topological polar surface area (TPSA) is 58.4 Å². The van der Waals surface area contributed by atoms with Crippen LogP contribution in [0.1, 0.15) is 17.3 Å². The van der Waals surface area contributed by atoms with E-state index in [1.807, 2.05) is 4.90 Å². The van der Waals surface area contributed by atoms with Gasteiger partial charge in [-0.15, -0.1) is 0 Å². The van der Waals surface area contributed by atoms with Crippen molar-refractivity contribution in [2.75, 3.05) is 24.5 Å². The van der Waals surface area contributed by atoms with Gasteiger partial charge in [-0.2, -0.15) is 0 Å². The molecule has 1 atom stereocenters. The van der Waals surface area contributed by atoms with E-state index in [-0.39, 0.29) is 5.56 Å². The SMILES string of the molecule is C[C@H]1CN(c2cccc(F)c2C(N)=O)CCN1. The Bertz CT molecular complexity index is 436. The maximum absolute atomic E-state index is 13.6. The lowest BCUT2D eigenvalue weighted by Gasteiger charge is -2.34. The fourth-order valence-corrected chi connectivity index (χ4v) is 2.17. The van der Waals surface area contributed by atoms with Gasteiger partial charge in [0.15, 0.2) is 0 Å². The molecular formula is C12H16FN3O. The molecule has 0 radical (unpaired) electrons. The summed E-state index contributed by atoms with van der Waals surface area (Å²) < 4.78 is 13.6. The van der Waals surface area contributed by atoms with Crippen LogP contribution in [0.25, 0.3) is 0 Å². The van der Waals surface area contributed by atoms with Gasteiger partial charge >= 0.3 is 0 Å². The molecule has 2 rings (SSSR count). The number of benzene rings is 1. The molecule has 0 saturated carbocycles. The Morgan fingerprint density at radius 1 is 1.59 bits per heavy atom. The number of halogens is 1. The maximum atomic E-state index is 13.6. The van der Waals surface area contributed by atoms with Gasteiger partial charge in [0.25, 0.3) is 5.91 Å². The van der Waals surface area contributed by atoms with E-state index in [4.69, 9.17) is 5.73 Å². The van der Waals surface area contributed by atoms with Crippen molar-refractivity contribution in [3.63, 3.8) is 0 Å². The number of nitrogens with two attached hydrogens (primary N) is 1. The van der Waals surface area contributed by atoms with Crippen molar-refractivity contribution in [1.82, 2.24) is 5.32 Å². The summed E-state index contributed by atoms with van der Waals surface area (Å²) in [6.45, 7) is 4.35. The Hall–Kier alpha value is -1.62. The Kier molecular flexibility index (Phi) is 3.28. The number of carbonyl (C=O) groups is 1. The van der Waals surface area contributed by atoms with Crippen LogP contribution in [0.2, 0.25) is 0 Å². The van der Waals surface area contributed by atoms with Gasteiger partial charge in [-0.25, -0.2) is 4.39 Å². The van der Waals surface area contributed by atoms with E-state index < -0.39 is 11.7 Å². The molecule has 17 heavy (non-hydrogen) atoms. The summed E-state index contributed by atoms with van der Waals surface area (Å²) >= 11 is 0. The quantitative estimate of drug-likeness (QED) is 0.797. The molecule has 4 nitrogen and oxygen atoms in total. The fourth-order valence-electron chi connectivity index (χ4n) is 2.17. The van der Waals surface area contributed by atoms with Crippen LogP contribution in [0.5, 0.6) is 0 Å². The molecule has 1 amide bonds. The van der Waals surface area contributed by atoms with E-state index in [2.05, 4.69) is 12.2 Å². The average Bonchev–Trinajstić information content (AvgIpc) is 2.28. The van der Waals surface area contributed by atoms with Gasteiger partial charge in [0.05, 0.1) is 11.3 Å². The smallest absolute Gasteiger partial charge is 0.253 e. The summed E-state index contributed by atoms with van der Waals surface area (Å²) in [6.07, 6.45) is 0. The molecule has 1 aliphatic heterocycles. The number of nitrogens with zero attached hydrogens (tertiary/aromatic N) is 1. The zero-order valence-corrected chi connectivity index (χ0v) is 9.74. The molecule has 1 fully saturated rings. The van der Waals surface area contributed by atoms with Crippen LogP contribution >= 0.6 is 0 Å². The Morgan fingerprint density at radius 2 is 2.35 bits per heavy atom. The summed E-state index contributed by atoms with van der Waals surface area (Å²) in [6, 6.07) is 4.91. The molecule has 1 aliphatic rings. The molecule has 3 N–H and O–H groups in total. The second kappa shape index (κ2) is 4.71. The molecule has 1 aromatic rings. The molecule has 0 unspecified atom stereocenters. The normalized spacial score (nSPS) is 20.4. The van der Waals surface area contributed by atoms with Gasteiger partial charge in [-0.05, 0) is 19.1 Å². The molecule has 1 saturated heterocycles. The Morgan fingerprint density at radius 3 is 3.00 bits per heavy atom. The third-order valence-electron chi connectivity index (χ3n) is 2.95. The summed E-state index contributed by atoms with van der Waals surface area (Å²) in [5.74, 6) is -1.27. The third kappa shape index (κ3) is 2.39. The first kappa shape index (κ1) is 11.9. The minimum atomic E-state index is -0.718. The zero-order chi connectivity index (χ0) is 12.4. The van der Waals surface area contributed by atoms with Crippen molar-refractivity contribution in [3.8, 4) is 0 Å². The highest BCUT2D eigenvalue weighted by Gasteiger charge is 2.22. The number of hydrogen-bond donors (Lipinski definition) is 2. The number of piperazine rings is 1. The van der Waals surface area contributed by atoms with Gasteiger partial charge in [-0.3, -0.25) is 4.79 Å². The first-order chi connectivity index (χ1) is 8.09. The number of anilines is 1. The van der Waals surface area contributed by atoms with Crippen molar-refractivity contribution in [2.45, 2.75) is 13.0 Å². The summed E-state index contributed by atoms with van der Waals surface area (Å²) in [5, 5.41) is 3.29. The second-order valence-corrected chi connectivity index (χ2v) is 4.30. The van der Waals surface area contributed by atoms with Crippen LogP contribution in [0.3, 0.4) is 0 Å². The molecular weight excluding hydrogens is 221 g/mol. The van der Waals surface area contributed by atoms with Gasteiger partial charge < -0.3 is 16.0 Å². The van der Waals surface area contributed by atoms with Crippen LogP contribution in [0, 0.1) is 5.82 Å². The molecule has 0 aliphatic carbocycles. The predicted molar refractivity (Wildman–Crippen MR) is 64.6 cm³/mol. The lowest BCUT2D eigenvalue weighted by atomic mass is 10.1. The maximum Gasteiger partial charge on any atom is 0.253 e. The van der Waals surface area contributed by atoms with E-state index in [9.17, 15) is 9.18 Å². The monoisotopic (exact) mass is 237 g/mol. The number of carbonyl (C=O) groups excluding carboxylic acids is 1. The number of hydrogen-bond acceptors (Lipinski definition) is 3. The van der Waals surface area contributed by atoms with Gasteiger partial charge in [-0.1, -0.05) is 6.07 Å².